The first-order valence-corrected chi connectivity index (χ1v) is 11.3. The van der Waals surface area contributed by atoms with Gasteiger partial charge in [0.05, 0.1) is 17.9 Å². The fourth-order valence-corrected chi connectivity index (χ4v) is 4.41. The van der Waals surface area contributed by atoms with Crippen LogP contribution in [-0.4, -0.2) is 56.9 Å². The van der Waals surface area contributed by atoms with Crippen molar-refractivity contribution in [3.05, 3.63) is 40.7 Å². The Bertz CT molecular complexity index is 947. The number of nitrogens with one attached hydrogen (secondary N) is 1. The largest absolute Gasteiger partial charge is 0.493 e. The van der Waals surface area contributed by atoms with Crippen LogP contribution >= 0.6 is 11.6 Å². The Hall–Kier alpha value is -2.61. The third kappa shape index (κ3) is 5.36. The number of aromatic nitrogens is 3. The van der Waals surface area contributed by atoms with Crippen LogP contribution in [-0.2, 0) is 17.8 Å². The maximum Gasteiger partial charge on any atom is 0.257 e. The van der Waals surface area contributed by atoms with Crippen LogP contribution in [0.1, 0.15) is 55.1 Å². The normalized spacial score (nSPS) is 23.2. The van der Waals surface area contributed by atoms with Crippen LogP contribution in [0.4, 0.5) is 0 Å². The summed E-state index contributed by atoms with van der Waals surface area (Å²) in [5.41, 5.74) is 1.40. The van der Waals surface area contributed by atoms with E-state index in [4.69, 9.17) is 16.3 Å². The molecule has 2 aromatic rings. The lowest BCUT2D eigenvalue weighted by Crippen LogP contribution is -2.51. The number of rotatable bonds is 0. The van der Waals surface area contributed by atoms with E-state index in [9.17, 15) is 9.59 Å². The van der Waals surface area contributed by atoms with Crippen molar-refractivity contribution in [1.29, 1.82) is 0 Å². The first-order chi connectivity index (χ1) is 15.0. The second kappa shape index (κ2) is 9.68. The summed E-state index contributed by atoms with van der Waals surface area (Å²) in [6, 6.07) is 5.24. The minimum absolute atomic E-state index is 0.0197. The Morgan fingerprint density at radius 3 is 2.90 bits per heavy atom. The van der Waals surface area contributed by atoms with E-state index < -0.39 is 0 Å². The molecule has 0 radical (unpaired) electrons. The van der Waals surface area contributed by atoms with Crippen LogP contribution in [0, 0.1) is 0 Å². The number of hydrogen-bond donors (Lipinski definition) is 1. The van der Waals surface area contributed by atoms with Gasteiger partial charge in [0, 0.05) is 49.2 Å². The zero-order chi connectivity index (χ0) is 21.8. The lowest BCUT2D eigenvalue weighted by atomic mass is 9.96. The second-order valence-corrected chi connectivity index (χ2v) is 8.74. The first kappa shape index (κ1) is 21.6. The molecule has 166 valence electrons. The van der Waals surface area contributed by atoms with E-state index in [1.165, 1.54) is 0 Å². The monoisotopic (exact) mass is 445 g/mol. The first-order valence-electron chi connectivity index (χ1n) is 10.9. The molecule has 31 heavy (non-hydrogen) atoms. The van der Waals surface area contributed by atoms with Crippen molar-refractivity contribution >= 4 is 23.4 Å². The van der Waals surface area contributed by atoms with Crippen LogP contribution in [0.2, 0.25) is 5.02 Å². The lowest BCUT2D eigenvalue weighted by Gasteiger charge is -2.38. The summed E-state index contributed by atoms with van der Waals surface area (Å²) in [7, 11) is 0. The maximum absolute atomic E-state index is 13.3. The highest BCUT2D eigenvalue weighted by atomic mass is 35.5. The molecule has 2 amide bonds. The summed E-state index contributed by atoms with van der Waals surface area (Å²) in [6.45, 7) is 3.71. The van der Waals surface area contributed by atoms with Gasteiger partial charge in [-0.2, -0.15) is 0 Å². The predicted molar refractivity (Wildman–Crippen MR) is 116 cm³/mol. The van der Waals surface area contributed by atoms with Crippen molar-refractivity contribution in [2.24, 2.45) is 0 Å². The summed E-state index contributed by atoms with van der Waals surface area (Å²) >= 11 is 6.17. The third-order valence-electron chi connectivity index (χ3n) is 5.89. The zero-order valence-electron chi connectivity index (χ0n) is 17.7. The van der Waals surface area contributed by atoms with Gasteiger partial charge in [0.15, 0.2) is 0 Å². The standard InChI is InChI=1S/C22H28ClN5O3/c1-15-12-17-8-10-28(15)22(30)19-7-6-16(23)13-20(19)31-11-3-9-27-14-18(25-26-27)4-2-5-21(29)24-17/h6-7,13-15,17H,2-5,8-12H2,1H3,(H,24,29)/t15-,17-/m0/s1. The summed E-state index contributed by atoms with van der Waals surface area (Å²) in [4.78, 5) is 27.5. The molecule has 5 rings (SSSR count). The number of aryl methyl sites for hydroxylation is 2. The summed E-state index contributed by atoms with van der Waals surface area (Å²) in [6.07, 6.45) is 6.01. The molecular formula is C22H28ClN5O3. The van der Waals surface area contributed by atoms with Crippen molar-refractivity contribution in [3.63, 3.8) is 0 Å². The van der Waals surface area contributed by atoms with E-state index >= 15 is 0 Å². The minimum atomic E-state index is -0.0669. The summed E-state index contributed by atoms with van der Waals surface area (Å²) < 4.78 is 7.74. The molecule has 3 aliphatic heterocycles. The average molecular weight is 446 g/mol. The Morgan fingerprint density at radius 2 is 2.06 bits per heavy atom. The van der Waals surface area contributed by atoms with E-state index in [0.29, 0.717) is 48.9 Å². The number of halogens is 1. The molecular weight excluding hydrogens is 418 g/mol. The van der Waals surface area contributed by atoms with Gasteiger partial charge in [-0.25, -0.2) is 0 Å². The molecule has 1 aromatic carbocycles. The highest BCUT2D eigenvalue weighted by Gasteiger charge is 2.31. The molecule has 4 heterocycles. The maximum atomic E-state index is 13.3. The molecule has 4 bridgehead atoms. The molecule has 0 aliphatic carbocycles. The number of nitrogens with zero attached hydrogens (tertiary/aromatic N) is 4. The van der Waals surface area contributed by atoms with Gasteiger partial charge in [-0.3, -0.25) is 14.3 Å². The van der Waals surface area contributed by atoms with Gasteiger partial charge < -0.3 is 15.0 Å². The van der Waals surface area contributed by atoms with Gasteiger partial charge in [-0.05, 0) is 50.8 Å². The highest BCUT2D eigenvalue weighted by molar-refractivity contribution is 6.30. The number of amides is 2. The van der Waals surface area contributed by atoms with E-state index in [0.717, 1.165) is 31.4 Å². The number of ether oxygens (including phenoxy) is 1. The van der Waals surface area contributed by atoms with Gasteiger partial charge in [-0.1, -0.05) is 16.8 Å². The SMILES string of the molecule is C[C@H]1C[C@@H]2CCN1C(=O)c1ccc(Cl)cc1OCCCn1cc(nn1)CCCC(=O)N2. The Morgan fingerprint density at radius 1 is 1.19 bits per heavy atom. The fourth-order valence-electron chi connectivity index (χ4n) is 4.25. The summed E-state index contributed by atoms with van der Waals surface area (Å²) in [5.74, 6) is 0.482. The van der Waals surface area contributed by atoms with Gasteiger partial charge >= 0.3 is 0 Å². The number of benzene rings is 1. The Kier molecular flexibility index (Phi) is 6.75. The molecule has 1 aromatic heterocycles. The van der Waals surface area contributed by atoms with E-state index in [1.807, 2.05) is 18.0 Å². The topological polar surface area (TPSA) is 89.3 Å². The van der Waals surface area contributed by atoms with Crippen molar-refractivity contribution in [1.82, 2.24) is 25.2 Å². The van der Waals surface area contributed by atoms with E-state index in [1.54, 1.807) is 22.9 Å². The smallest absolute Gasteiger partial charge is 0.257 e. The summed E-state index contributed by atoms with van der Waals surface area (Å²) in [5, 5.41) is 12.0. The minimum Gasteiger partial charge on any atom is -0.493 e. The van der Waals surface area contributed by atoms with E-state index in [-0.39, 0.29) is 23.9 Å². The fraction of sp³-hybridized carbons (Fsp3) is 0.545. The molecule has 0 spiro atoms. The Labute approximate surface area is 186 Å². The molecule has 1 fully saturated rings. The van der Waals surface area contributed by atoms with E-state index in [2.05, 4.69) is 15.6 Å². The van der Waals surface area contributed by atoms with Gasteiger partial charge in [-0.15, -0.1) is 5.10 Å². The lowest BCUT2D eigenvalue weighted by molar-refractivity contribution is -0.122. The van der Waals surface area contributed by atoms with Gasteiger partial charge in [0.2, 0.25) is 5.91 Å². The molecule has 0 unspecified atom stereocenters. The van der Waals surface area contributed by atoms with Crippen LogP contribution in [0.5, 0.6) is 5.75 Å². The van der Waals surface area contributed by atoms with Crippen molar-refractivity contribution in [3.8, 4) is 5.75 Å². The van der Waals surface area contributed by atoms with Crippen molar-refractivity contribution in [2.75, 3.05) is 13.2 Å². The number of hydrogen-bond acceptors (Lipinski definition) is 5. The van der Waals surface area contributed by atoms with Gasteiger partial charge in [0.1, 0.15) is 5.75 Å². The predicted octanol–water partition coefficient (Wildman–Crippen LogP) is 2.85. The van der Waals surface area contributed by atoms with Crippen LogP contribution in [0.25, 0.3) is 0 Å². The van der Waals surface area contributed by atoms with Crippen LogP contribution < -0.4 is 10.1 Å². The average Bonchev–Trinajstić information content (AvgIpc) is 3.18. The Balaban J connectivity index is 1.55. The second-order valence-electron chi connectivity index (χ2n) is 8.31. The van der Waals surface area contributed by atoms with Crippen molar-refractivity contribution < 1.29 is 14.3 Å². The number of fused-ring (bicyclic) bond motifs is 9. The molecule has 2 atom stereocenters. The zero-order valence-corrected chi connectivity index (χ0v) is 18.5. The molecule has 9 heteroatoms. The molecule has 1 saturated heterocycles. The van der Waals surface area contributed by atoms with Crippen LogP contribution in [0.15, 0.2) is 24.4 Å². The number of carbonyl (C=O) groups excluding carboxylic acids is 2. The van der Waals surface area contributed by atoms with Crippen molar-refractivity contribution in [2.45, 2.75) is 64.1 Å². The number of piperidine rings is 1. The molecule has 1 N–H and O–H groups in total. The third-order valence-corrected chi connectivity index (χ3v) is 6.12. The molecule has 0 saturated carbocycles. The number of carbonyl (C=O) groups is 2. The molecule has 3 aliphatic rings. The highest BCUT2D eigenvalue weighted by Crippen LogP contribution is 2.28. The molecule has 8 nitrogen and oxygen atoms in total. The quantitative estimate of drug-likeness (QED) is 0.673. The van der Waals surface area contributed by atoms with Crippen LogP contribution in [0.3, 0.4) is 0 Å². The van der Waals surface area contributed by atoms with Gasteiger partial charge in [0.25, 0.3) is 5.91 Å².